The van der Waals surface area contributed by atoms with E-state index in [0.717, 1.165) is 12.2 Å². The van der Waals surface area contributed by atoms with Crippen LogP contribution in [0, 0.1) is 6.92 Å². The van der Waals surface area contributed by atoms with Crippen molar-refractivity contribution in [3.05, 3.63) is 52.0 Å². The second kappa shape index (κ2) is 5.23. The van der Waals surface area contributed by atoms with E-state index in [-0.39, 0.29) is 0 Å². The molecule has 16 heavy (non-hydrogen) atoms. The van der Waals surface area contributed by atoms with Gasteiger partial charge in [-0.05, 0) is 43.0 Å². The summed E-state index contributed by atoms with van der Waals surface area (Å²) in [6.07, 6.45) is 1.83. The van der Waals surface area contributed by atoms with Crippen LogP contribution in [-0.2, 0) is 6.54 Å². The van der Waals surface area contributed by atoms with Crippen LogP contribution in [-0.4, -0.2) is 4.98 Å². The molecule has 2 rings (SSSR count). The highest BCUT2D eigenvalue weighted by atomic mass is 32.1. The van der Waals surface area contributed by atoms with Crippen LogP contribution in [0.1, 0.15) is 29.1 Å². The zero-order chi connectivity index (χ0) is 11.4. The van der Waals surface area contributed by atoms with Gasteiger partial charge < -0.3 is 5.32 Å². The number of thiophene rings is 1. The summed E-state index contributed by atoms with van der Waals surface area (Å²) < 4.78 is 0. The van der Waals surface area contributed by atoms with E-state index in [1.54, 1.807) is 0 Å². The van der Waals surface area contributed by atoms with E-state index < -0.39 is 0 Å². The minimum atomic E-state index is 0.391. The zero-order valence-electron chi connectivity index (χ0n) is 9.60. The van der Waals surface area contributed by atoms with Crippen LogP contribution < -0.4 is 5.32 Å². The van der Waals surface area contributed by atoms with Crippen LogP contribution in [0.3, 0.4) is 0 Å². The number of pyridine rings is 1. The molecular weight excluding hydrogens is 216 g/mol. The Morgan fingerprint density at radius 3 is 2.88 bits per heavy atom. The first-order valence-electron chi connectivity index (χ1n) is 5.44. The lowest BCUT2D eigenvalue weighted by molar-refractivity contribution is 0.573. The summed E-state index contributed by atoms with van der Waals surface area (Å²) in [6.45, 7) is 5.17. The van der Waals surface area contributed by atoms with E-state index >= 15 is 0 Å². The van der Waals surface area contributed by atoms with Crippen LogP contribution in [0.2, 0.25) is 0 Å². The normalized spacial score (nSPS) is 12.6. The molecule has 0 aromatic carbocycles. The van der Waals surface area contributed by atoms with Crippen molar-refractivity contribution < 1.29 is 0 Å². The van der Waals surface area contributed by atoms with Crippen molar-refractivity contribution >= 4 is 11.3 Å². The van der Waals surface area contributed by atoms with Gasteiger partial charge in [-0.15, -0.1) is 11.3 Å². The smallest absolute Gasteiger partial charge is 0.0541 e. The van der Waals surface area contributed by atoms with Gasteiger partial charge in [0.05, 0.1) is 5.69 Å². The van der Waals surface area contributed by atoms with Crippen LogP contribution >= 0.6 is 11.3 Å². The molecule has 2 aromatic heterocycles. The summed E-state index contributed by atoms with van der Waals surface area (Å²) >= 11 is 1.81. The van der Waals surface area contributed by atoms with E-state index in [0.29, 0.717) is 6.04 Å². The van der Waals surface area contributed by atoms with Crippen LogP contribution in [0.15, 0.2) is 35.8 Å². The maximum atomic E-state index is 4.30. The van der Waals surface area contributed by atoms with E-state index in [1.807, 2.05) is 35.7 Å². The molecular formula is C13H16N2S. The van der Waals surface area contributed by atoms with Crippen molar-refractivity contribution in [2.45, 2.75) is 26.4 Å². The molecule has 84 valence electrons. The first-order chi connectivity index (χ1) is 7.77. The maximum Gasteiger partial charge on any atom is 0.0541 e. The summed E-state index contributed by atoms with van der Waals surface area (Å²) in [4.78, 5) is 5.71. The van der Waals surface area contributed by atoms with E-state index in [9.17, 15) is 0 Å². The third kappa shape index (κ3) is 2.68. The van der Waals surface area contributed by atoms with Gasteiger partial charge in [-0.1, -0.05) is 6.07 Å². The van der Waals surface area contributed by atoms with Gasteiger partial charge in [0.25, 0.3) is 0 Å². The second-order valence-electron chi connectivity index (χ2n) is 3.89. The van der Waals surface area contributed by atoms with Crippen LogP contribution in [0.25, 0.3) is 0 Å². The third-order valence-corrected chi connectivity index (χ3v) is 3.81. The monoisotopic (exact) mass is 232 g/mol. The molecule has 0 aliphatic rings. The number of rotatable bonds is 4. The van der Waals surface area contributed by atoms with E-state index in [2.05, 4.69) is 35.6 Å². The fourth-order valence-corrected chi connectivity index (χ4v) is 2.64. The Labute approximate surface area is 100 Å². The topological polar surface area (TPSA) is 24.9 Å². The summed E-state index contributed by atoms with van der Waals surface area (Å²) in [6, 6.07) is 8.56. The Kier molecular flexibility index (Phi) is 3.70. The number of aryl methyl sites for hydroxylation is 1. The summed E-state index contributed by atoms with van der Waals surface area (Å²) in [5, 5.41) is 5.63. The highest BCUT2D eigenvalue weighted by molar-refractivity contribution is 7.10. The van der Waals surface area contributed by atoms with Gasteiger partial charge in [-0.2, -0.15) is 0 Å². The highest BCUT2D eigenvalue weighted by Crippen LogP contribution is 2.23. The molecule has 0 amide bonds. The fraction of sp³-hybridized carbons (Fsp3) is 0.308. The Morgan fingerprint density at radius 1 is 1.38 bits per heavy atom. The molecule has 2 heterocycles. The second-order valence-corrected chi connectivity index (χ2v) is 4.84. The van der Waals surface area contributed by atoms with Crippen molar-refractivity contribution in [2.75, 3.05) is 0 Å². The lowest BCUT2D eigenvalue weighted by Gasteiger charge is -2.12. The predicted molar refractivity (Wildman–Crippen MR) is 68.5 cm³/mol. The predicted octanol–water partition coefficient (Wildman–Crippen LogP) is 3.30. The standard InChI is InChI=1S/C13H16N2S/c1-10-6-8-16-13(10)11(2)15-9-12-5-3-4-7-14-12/h3-8,11,15H,9H2,1-2H3. The average molecular weight is 232 g/mol. The van der Waals surface area contributed by atoms with Crippen molar-refractivity contribution in [1.82, 2.24) is 10.3 Å². The number of nitrogens with one attached hydrogen (secondary N) is 1. The van der Waals surface area contributed by atoms with Crippen LogP contribution in [0.5, 0.6) is 0 Å². The average Bonchev–Trinajstić information content (AvgIpc) is 2.74. The number of nitrogens with zero attached hydrogens (tertiary/aromatic N) is 1. The molecule has 0 radical (unpaired) electrons. The Hall–Kier alpha value is -1.19. The lowest BCUT2D eigenvalue weighted by Crippen LogP contribution is -2.18. The Morgan fingerprint density at radius 2 is 2.25 bits per heavy atom. The molecule has 3 heteroatoms. The zero-order valence-corrected chi connectivity index (χ0v) is 10.4. The minimum absolute atomic E-state index is 0.391. The SMILES string of the molecule is Cc1ccsc1C(C)NCc1ccccn1. The largest absolute Gasteiger partial charge is 0.304 e. The van der Waals surface area contributed by atoms with Crippen molar-refractivity contribution in [2.24, 2.45) is 0 Å². The highest BCUT2D eigenvalue weighted by Gasteiger charge is 2.08. The Bertz CT molecular complexity index is 436. The van der Waals surface area contributed by atoms with Gasteiger partial charge in [-0.3, -0.25) is 4.98 Å². The minimum Gasteiger partial charge on any atom is -0.304 e. The lowest BCUT2D eigenvalue weighted by atomic mass is 10.2. The molecule has 1 atom stereocenters. The van der Waals surface area contributed by atoms with Gasteiger partial charge >= 0.3 is 0 Å². The molecule has 0 fully saturated rings. The van der Waals surface area contributed by atoms with E-state index in [1.165, 1.54) is 10.4 Å². The summed E-state index contributed by atoms with van der Waals surface area (Å²) in [7, 11) is 0. The first kappa shape index (κ1) is 11.3. The molecule has 0 saturated heterocycles. The molecule has 2 nitrogen and oxygen atoms in total. The summed E-state index contributed by atoms with van der Waals surface area (Å²) in [5.41, 5.74) is 2.45. The summed E-state index contributed by atoms with van der Waals surface area (Å²) in [5.74, 6) is 0. The molecule has 0 spiro atoms. The molecule has 2 aromatic rings. The molecule has 1 unspecified atom stereocenters. The molecule has 0 aliphatic heterocycles. The fourth-order valence-electron chi connectivity index (χ4n) is 1.68. The first-order valence-corrected chi connectivity index (χ1v) is 6.32. The quantitative estimate of drug-likeness (QED) is 0.875. The molecule has 1 N–H and O–H groups in total. The molecule has 0 aliphatic carbocycles. The maximum absolute atomic E-state index is 4.30. The number of hydrogen-bond acceptors (Lipinski definition) is 3. The van der Waals surface area contributed by atoms with Gasteiger partial charge in [0.15, 0.2) is 0 Å². The van der Waals surface area contributed by atoms with E-state index in [4.69, 9.17) is 0 Å². The Balaban J connectivity index is 1.94. The van der Waals surface area contributed by atoms with Gasteiger partial charge in [-0.25, -0.2) is 0 Å². The van der Waals surface area contributed by atoms with Crippen LogP contribution in [0.4, 0.5) is 0 Å². The van der Waals surface area contributed by atoms with Gasteiger partial charge in [0.1, 0.15) is 0 Å². The van der Waals surface area contributed by atoms with Crippen molar-refractivity contribution in [3.8, 4) is 0 Å². The number of aromatic nitrogens is 1. The number of hydrogen-bond donors (Lipinski definition) is 1. The van der Waals surface area contributed by atoms with Gasteiger partial charge in [0, 0.05) is 23.7 Å². The third-order valence-electron chi connectivity index (χ3n) is 2.61. The van der Waals surface area contributed by atoms with Gasteiger partial charge in [0.2, 0.25) is 0 Å². The molecule has 0 saturated carbocycles. The van der Waals surface area contributed by atoms with Crippen molar-refractivity contribution in [3.63, 3.8) is 0 Å². The molecule has 0 bridgehead atoms. The van der Waals surface area contributed by atoms with Crippen molar-refractivity contribution in [1.29, 1.82) is 0 Å².